The molecule has 0 atom stereocenters. The second kappa shape index (κ2) is 2.18. The lowest BCUT2D eigenvalue weighted by atomic mass is 10.2. The highest BCUT2D eigenvalue weighted by Gasteiger charge is 2.09. The molecule has 1 aliphatic heterocycles. The monoisotopic (exact) mass is 110 g/mol. The van der Waals surface area contributed by atoms with Crippen molar-refractivity contribution < 1.29 is 4.79 Å². The van der Waals surface area contributed by atoms with Crippen LogP contribution in [0.4, 0.5) is 0 Å². The third-order valence-corrected chi connectivity index (χ3v) is 1.07. The van der Waals surface area contributed by atoms with Gasteiger partial charge in [-0.2, -0.15) is 0 Å². The average Bonchev–Trinajstić information content (AvgIpc) is 1.64. The Morgan fingerprint density at radius 1 is 1.75 bits per heavy atom. The highest BCUT2D eigenvalue weighted by molar-refractivity contribution is 6.06. The van der Waals surface area contributed by atoms with Gasteiger partial charge in [-0.1, -0.05) is 0 Å². The molecule has 42 valence electrons. The minimum Gasteiger partial charge on any atom is -0.354 e. The maximum atomic E-state index is 10.4. The number of carbonyl (C=O) groups excluding carboxylic acids is 1. The van der Waals surface area contributed by atoms with Crippen LogP contribution in [0.3, 0.4) is 0 Å². The highest BCUT2D eigenvalue weighted by Crippen LogP contribution is 1.84. The van der Waals surface area contributed by atoms with E-state index in [9.17, 15) is 4.79 Å². The van der Waals surface area contributed by atoms with E-state index in [1.807, 2.05) is 0 Å². The number of rotatable bonds is 0. The largest absolute Gasteiger partial charge is 0.354 e. The zero-order valence-corrected chi connectivity index (χ0v) is 4.55. The maximum absolute atomic E-state index is 10.4. The predicted molar refractivity (Wildman–Crippen MR) is 30.3 cm³/mol. The van der Waals surface area contributed by atoms with Gasteiger partial charge in [0, 0.05) is 13.1 Å². The van der Waals surface area contributed by atoms with Gasteiger partial charge in [-0.15, -0.1) is 0 Å². The van der Waals surface area contributed by atoms with Crippen LogP contribution in [0.25, 0.3) is 0 Å². The fraction of sp³-hybridized carbons (Fsp3) is 0.750. The van der Waals surface area contributed by atoms with Gasteiger partial charge in [0.05, 0.1) is 6.54 Å². The predicted octanol–water partition coefficient (Wildman–Crippen LogP) is -1.50. The molecule has 0 aromatic heterocycles. The summed E-state index contributed by atoms with van der Waals surface area (Å²) in [5.41, 5.74) is 0. The summed E-state index contributed by atoms with van der Waals surface area (Å²) in [5, 5.41) is 2.65. The van der Waals surface area contributed by atoms with Gasteiger partial charge in [0.15, 0.2) is 7.98 Å². The van der Waals surface area contributed by atoms with Crippen LogP contribution in [0.2, 0.25) is 0 Å². The Hall–Kier alpha value is -0.505. The molecular formula is C4H7BN2O. The Balaban J connectivity index is 2.34. The van der Waals surface area contributed by atoms with E-state index < -0.39 is 0 Å². The smallest absolute Gasteiger partial charge is 0.233 e. The Morgan fingerprint density at radius 3 is 2.88 bits per heavy atom. The van der Waals surface area contributed by atoms with Crippen molar-refractivity contribution in [3.63, 3.8) is 0 Å². The van der Waals surface area contributed by atoms with Gasteiger partial charge in [-0.3, -0.25) is 4.79 Å². The molecular weight excluding hydrogens is 103 g/mol. The van der Waals surface area contributed by atoms with Crippen LogP contribution in [-0.2, 0) is 4.79 Å². The van der Waals surface area contributed by atoms with Gasteiger partial charge in [-0.25, -0.2) is 0 Å². The van der Waals surface area contributed by atoms with Crippen molar-refractivity contribution in [2.24, 2.45) is 0 Å². The van der Waals surface area contributed by atoms with E-state index in [1.54, 1.807) is 0 Å². The van der Waals surface area contributed by atoms with Crippen LogP contribution < -0.4 is 5.32 Å². The topological polar surface area (TPSA) is 32.3 Å². The standard InChI is InChI=1S/C4H7BN2O/c5-7-2-1-6-4(8)3-7/h1-3H2,(H,6,8). The minimum atomic E-state index is 0.0127. The molecule has 0 aliphatic carbocycles. The van der Waals surface area contributed by atoms with E-state index in [0.29, 0.717) is 13.1 Å². The number of piperazine rings is 1. The Morgan fingerprint density at radius 2 is 2.50 bits per heavy atom. The second-order valence-electron chi connectivity index (χ2n) is 1.82. The molecule has 4 heteroatoms. The van der Waals surface area contributed by atoms with Gasteiger partial charge in [0.25, 0.3) is 0 Å². The van der Waals surface area contributed by atoms with Gasteiger partial charge < -0.3 is 10.1 Å². The van der Waals surface area contributed by atoms with E-state index in [-0.39, 0.29) is 5.91 Å². The molecule has 0 bridgehead atoms. The zero-order chi connectivity index (χ0) is 5.98. The average molecular weight is 110 g/mol. The first kappa shape index (κ1) is 5.63. The molecule has 2 radical (unpaired) electrons. The molecule has 0 unspecified atom stereocenters. The first-order valence-electron chi connectivity index (χ1n) is 2.55. The summed E-state index contributed by atoms with van der Waals surface area (Å²) in [6, 6.07) is 0. The second-order valence-corrected chi connectivity index (χ2v) is 1.82. The van der Waals surface area contributed by atoms with E-state index in [1.165, 1.54) is 4.81 Å². The molecule has 0 aromatic carbocycles. The van der Waals surface area contributed by atoms with Gasteiger partial charge >= 0.3 is 0 Å². The third-order valence-electron chi connectivity index (χ3n) is 1.07. The van der Waals surface area contributed by atoms with Crippen molar-refractivity contribution in [3.8, 4) is 0 Å². The normalized spacial score (nSPS) is 22.8. The minimum absolute atomic E-state index is 0.0127. The van der Waals surface area contributed by atoms with Crippen molar-refractivity contribution in [3.05, 3.63) is 0 Å². The summed E-state index contributed by atoms with van der Waals surface area (Å²) in [7, 11) is 5.30. The van der Waals surface area contributed by atoms with Gasteiger partial charge in [-0.05, 0) is 0 Å². The van der Waals surface area contributed by atoms with Crippen LogP contribution >= 0.6 is 0 Å². The van der Waals surface area contributed by atoms with Gasteiger partial charge in [0.1, 0.15) is 0 Å². The van der Waals surface area contributed by atoms with Crippen LogP contribution in [0.5, 0.6) is 0 Å². The van der Waals surface area contributed by atoms with Crippen LogP contribution in [0.15, 0.2) is 0 Å². The molecule has 0 aromatic rings. The highest BCUT2D eigenvalue weighted by atomic mass is 16.2. The fourth-order valence-corrected chi connectivity index (χ4v) is 0.658. The molecule has 1 aliphatic rings. The lowest BCUT2D eigenvalue weighted by Crippen LogP contribution is -2.46. The van der Waals surface area contributed by atoms with E-state index >= 15 is 0 Å². The lowest BCUT2D eigenvalue weighted by molar-refractivity contribution is -0.122. The molecule has 1 amide bonds. The summed E-state index contributed by atoms with van der Waals surface area (Å²) in [5.74, 6) is 0.0127. The molecule has 1 saturated heterocycles. The molecule has 1 rings (SSSR count). The summed E-state index contributed by atoms with van der Waals surface area (Å²) in [6.45, 7) is 1.76. The van der Waals surface area contributed by atoms with Crippen molar-refractivity contribution in [1.29, 1.82) is 0 Å². The van der Waals surface area contributed by atoms with Crippen LogP contribution in [0, 0.1) is 0 Å². The van der Waals surface area contributed by atoms with Crippen molar-refractivity contribution in [1.82, 2.24) is 10.1 Å². The van der Waals surface area contributed by atoms with Crippen molar-refractivity contribution in [2.45, 2.75) is 0 Å². The number of amides is 1. The van der Waals surface area contributed by atoms with E-state index in [2.05, 4.69) is 5.32 Å². The summed E-state index contributed by atoms with van der Waals surface area (Å²) in [6.07, 6.45) is 0. The molecule has 1 heterocycles. The van der Waals surface area contributed by atoms with Crippen LogP contribution in [-0.4, -0.2) is 38.3 Å². The lowest BCUT2D eigenvalue weighted by Gasteiger charge is -2.21. The summed E-state index contributed by atoms with van der Waals surface area (Å²) >= 11 is 0. The Labute approximate surface area is 49.5 Å². The zero-order valence-electron chi connectivity index (χ0n) is 4.55. The summed E-state index contributed by atoms with van der Waals surface area (Å²) in [4.78, 5) is 11.9. The van der Waals surface area contributed by atoms with Crippen molar-refractivity contribution >= 4 is 13.9 Å². The van der Waals surface area contributed by atoms with Crippen LogP contribution in [0.1, 0.15) is 0 Å². The number of hydrogen-bond acceptors (Lipinski definition) is 2. The number of nitrogens with zero attached hydrogens (tertiary/aromatic N) is 1. The number of hydrogen-bond donors (Lipinski definition) is 1. The summed E-state index contributed by atoms with van der Waals surface area (Å²) < 4.78 is 0. The maximum Gasteiger partial charge on any atom is 0.233 e. The first-order valence-corrected chi connectivity index (χ1v) is 2.55. The molecule has 8 heavy (non-hydrogen) atoms. The Kier molecular flexibility index (Phi) is 1.53. The molecule has 0 saturated carbocycles. The van der Waals surface area contributed by atoms with Crippen molar-refractivity contribution in [2.75, 3.05) is 19.6 Å². The van der Waals surface area contributed by atoms with E-state index in [4.69, 9.17) is 7.98 Å². The number of nitrogens with one attached hydrogen (secondary N) is 1. The molecule has 3 nitrogen and oxygen atoms in total. The van der Waals surface area contributed by atoms with Gasteiger partial charge in [0.2, 0.25) is 5.91 Å². The molecule has 1 N–H and O–H groups in total. The quantitative estimate of drug-likeness (QED) is 0.385. The third kappa shape index (κ3) is 1.23. The molecule has 1 fully saturated rings. The fourth-order valence-electron chi connectivity index (χ4n) is 0.658. The molecule has 0 spiro atoms. The number of carbonyl (C=O) groups is 1. The SMILES string of the molecule is [B]N1CCNC(=O)C1. The Bertz CT molecular complexity index is 106. The van der Waals surface area contributed by atoms with E-state index in [0.717, 1.165) is 6.54 Å². The first-order chi connectivity index (χ1) is 3.79.